The number of nitrogens with two attached hydrogens (primary N) is 1. The molecule has 0 saturated carbocycles. The number of guanidine groups is 1. The molecule has 2 aromatic heterocycles. The van der Waals surface area contributed by atoms with E-state index in [2.05, 4.69) is 26.9 Å². The van der Waals surface area contributed by atoms with Gasteiger partial charge >= 0.3 is 0 Å². The summed E-state index contributed by atoms with van der Waals surface area (Å²) in [6.45, 7) is 6.90. The Morgan fingerprint density at radius 2 is 2.00 bits per heavy atom. The largest absolute Gasteiger partial charge is 0.317 e. The van der Waals surface area contributed by atoms with Gasteiger partial charge in [-0.25, -0.2) is 19.5 Å². The van der Waals surface area contributed by atoms with Crippen LogP contribution >= 0.6 is 0 Å². The summed E-state index contributed by atoms with van der Waals surface area (Å²) in [4.78, 5) is 16.3. The highest BCUT2D eigenvalue weighted by molar-refractivity contribution is 5.98. The van der Waals surface area contributed by atoms with Crippen LogP contribution in [0.2, 0.25) is 0 Å². The van der Waals surface area contributed by atoms with E-state index in [4.69, 9.17) is 16.6 Å². The molecule has 29 heavy (non-hydrogen) atoms. The van der Waals surface area contributed by atoms with E-state index in [-0.39, 0.29) is 12.0 Å². The minimum Gasteiger partial charge on any atom is -0.317 e. The number of pyridine rings is 1. The van der Waals surface area contributed by atoms with Crippen LogP contribution in [0.4, 0.5) is 5.82 Å². The zero-order valence-corrected chi connectivity index (χ0v) is 16.7. The summed E-state index contributed by atoms with van der Waals surface area (Å²) >= 11 is 0. The third kappa shape index (κ3) is 4.38. The Morgan fingerprint density at radius 3 is 2.66 bits per heavy atom. The molecule has 0 unspecified atom stereocenters. The van der Waals surface area contributed by atoms with Crippen molar-refractivity contribution >= 4 is 24.0 Å². The molecule has 1 aliphatic heterocycles. The molecule has 1 aliphatic rings. The van der Waals surface area contributed by atoms with Gasteiger partial charge in [0.25, 0.3) is 0 Å². The molecule has 0 atom stereocenters. The zero-order chi connectivity index (χ0) is 21.0. The van der Waals surface area contributed by atoms with Crippen molar-refractivity contribution in [3.8, 4) is 12.0 Å². The minimum atomic E-state index is 0.0413. The summed E-state index contributed by atoms with van der Waals surface area (Å²) < 4.78 is 1.64. The number of amidine groups is 1. The molecule has 1 fully saturated rings. The second-order valence-electron chi connectivity index (χ2n) is 6.78. The first kappa shape index (κ1) is 19.9. The molecular formula is C20H24N9+. The highest BCUT2D eigenvalue weighted by Crippen LogP contribution is 2.17. The van der Waals surface area contributed by atoms with Crippen molar-refractivity contribution in [2.45, 2.75) is 26.8 Å². The Morgan fingerprint density at radius 1 is 1.28 bits per heavy atom. The number of nitrogens with one attached hydrogen (secondary N) is 2. The molecule has 0 radical (unpaired) electrons. The van der Waals surface area contributed by atoms with E-state index in [1.54, 1.807) is 32.8 Å². The Balaban J connectivity index is 1.82. The molecule has 4 N–H and O–H groups in total. The van der Waals surface area contributed by atoms with Gasteiger partial charge in [0.2, 0.25) is 18.1 Å². The summed E-state index contributed by atoms with van der Waals surface area (Å²) in [5, 5.41) is 16.0. The second-order valence-corrected chi connectivity index (χ2v) is 6.78. The topological polar surface area (TPSA) is 122 Å². The van der Waals surface area contributed by atoms with Crippen LogP contribution in [-0.2, 0) is 0 Å². The van der Waals surface area contributed by atoms with Gasteiger partial charge in [-0.05, 0) is 38.8 Å². The zero-order valence-electron chi connectivity index (χ0n) is 16.7. The highest BCUT2D eigenvalue weighted by atomic mass is 15.4. The number of anilines is 1. The Hall–Kier alpha value is -3.80. The monoisotopic (exact) mass is 390 g/mol. The normalized spacial score (nSPS) is 14.6. The quantitative estimate of drug-likeness (QED) is 0.310. The lowest BCUT2D eigenvalue weighted by Gasteiger charge is -2.18. The van der Waals surface area contributed by atoms with E-state index in [0.29, 0.717) is 41.8 Å². The van der Waals surface area contributed by atoms with Crippen LogP contribution in [0.3, 0.4) is 0 Å². The van der Waals surface area contributed by atoms with Crippen molar-refractivity contribution in [1.82, 2.24) is 19.9 Å². The molecule has 2 aromatic rings. The van der Waals surface area contributed by atoms with Crippen molar-refractivity contribution in [1.29, 1.82) is 10.8 Å². The summed E-state index contributed by atoms with van der Waals surface area (Å²) in [5.41, 5.74) is 7.48. The SMILES string of the molecule is Cc1ncc(C#CN2CCN(c3cccc(C(N)=[N+](C=N)C(C)C)n3)C2=N)cn1. The fraction of sp³-hybridized carbons (Fsp3) is 0.300. The summed E-state index contributed by atoms with van der Waals surface area (Å²) in [6, 6.07) is 8.51. The van der Waals surface area contributed by atoms with Crippen LogP contribution in [0.1, 0.15) is 30.9 Å². The first-order valence-electron chi connectivity index (χ1n) is 9.23. The first-order valence-corrected chi connectivity index (χ1v) is 9.23. The van der Waals surface area contributed by atoms with E-state index >= 15 is 0 Å². The first-order chi connectivity index (χ1) is 13.9. The summed E-state index contributed by atoms with van der Waals surface area (Å²) in [5.74, 6) is 4.95. The van der Waals surface area contributed by atoms with Gasteiger partial charge < -0.3 is 5.73 Å². The number of hydrogen-bond donors (Lipinski definition) is 3. The van der Waals surface area contributed by atoms with Crippen molar-refractivity contribution in [2.75, 3.05) is 18.0 Å². The van der Waals surface area contributed by atoms with Gasteiger partial charge in [0.15, 0.2) is 0 Å². The van der Waals surface area contributed by atoms with Crippen LogP contribution < -0.4 is 10.6 Å². The average Bonchev–Trinajstić information content (AvgIpc) is 3.08. The van der Waals surface area contributed by atoms with Crippen molar-refractivity contribution in [3.63, 3.8) is 0 Å². The molecule has 0 spiro atoms. The van der Waals surface area contributed by atoms with E-state index in [1.807, 2.05) is 32.9 Å². The van der Waals surface area contributed by atoms with Crippen LogP contribution in [0.15, 0.2) is 30.6 Å². The molecule has 3 heterocycles. The number of aryl methyl sites for hydroxylation is 1. The summed E-state index contributed by atoms with van der Waals surface area (Å²) in [7, 11) is 0. The van der Waals surface area contributed by atoms with Gasteiger partial charge in [0.1, 0.15) is 17.3 Å². The van der Waals surface area contributed by atoms with Crippen molar-refractivity contribution in [2.24, 2.45) is 5.73 Å². The fourth-order valence-electron chi connectivity index (χ4n) is 2.82. The second kappa shape index (κ2) is 8.48. The molecule has 0 amide bonds. The van der Waals surface area contributed by atoms with E-state index in [0.717, 1.165) is 0 Å². The van der Waals surface area contributed by atoms with Gasteiger partial charge in [0, 0.05) is 25.0 Å². The van der Waals surface area contributed by atoms with Crippen LogP contribution in [-0.4, -0.2) is 61.7 Å². The maximum Gasteiger partial charge on any atom is 0.245 e. The molecule has 0 aliphatic carbocycles. The molecule has 148 valence electrons. The molecule has 0 bridgehead atoms. The molecule has 1 saturated heterocycles. The average molecular weight is 390 g/mol. The third-order valence-electron chi connectivity index (χ3n) is 4.42. The standard InChI is InChI=1S/C20H23N9/c1-14(2)29(13-21)19(22)17-5-4-6-18(26-17)28-10-9-27(20(28)23)8-7-16-11-24-15(3)25-12-16/h4-6,11-14,21-23H,9-10H2,1-3H3/p+1. The third-order valence-corrected chi connectivity index (χ3v) is 4.42. The Bertz CT molecular complexity index is 1010. The Labute approximate surface area is 169 Å². The van der Waals surface area contributed by atoms with Crippen molar-refractivity contribution in [3.05, 3.63) is 47.7 Å². The highest BCUT2D eigenvalue weighted by Gasteiger charge is 2.27. The predicted octanol–water partition coefficient (Wildman–Crippen LogP) is 0.979. The smallest absolute Gasteiger partial charge is 0.245 e. The Kier molecular flexibility index (Phi) is 5.83. The minimum absolute atomic E-state index is 0.0413. The van der Waals surface area contributed by atoms with E-state index in [1.165, 1.54) is 6.34 Å². The van der Waals surface area contributed by atoms with E-state index < -0.39 is 0 Å². The van der Waals surface area contributed by atoms with Gasteiger partial charge in [-0.15, -0.1) is 0 Å². The van der Waals surface area contributed by atoms with Crippen LogP contribution in [0.25, 0.3) is 0 Å². The van der Waals surface area contributed by atoms with Gasteiger partial charge in [-0.2, -0.15) is 5.41 Å². The lowest BCUT2D eigenvalue weighted by Crippen LogP contribution is -2.35. The maximum absolute atomic E-state index is 8.46. The number of rotatable bonds is 4. The van der Waals surface area contributed by atoms with Crippen LogP contribution in [0.5, 0.6) is 0 Å². The molecule has 3 rings (SSSR count). The molecule has 9 heteroatoms. The van der Waals surface area contributed by atoms with Crippen molar-refractivity contribution < 1.29 is 4.58 Å². The maximum atomic E-state index is 8.46. The summed E-state index contributed by atoms with van der Waals surface area (Å²) in [6.07, 6.45) is 4.53. The fourth-order valence-corrected chi connectivity index (χ4v) is 2.82. The number of hydrogen-bond acceptors (Lipinski definition) is 5. The lowest BCUT2D eigenvalue weighted by atomic mass is 10.3. The van der Waals surface area contributed by atoms with E-state index in [9.17, 15) is 0 Å². The molecule has 0 aromatic carbocycles. The molecule has 9 nitrogen and oxygen atoms in total. The number of nitrogens with zero attached hydrogens (tertiary/aromatic N) is 6. The number of aromatic nitrogens is 3. The molecular weight excluding hydrogens is 366 g/mol. The van der Waals surface area contributed by atoms with Crippen LogP contribution in [0, 0.1) is 29.7 Å². The van der Waals surface area contributed by atoms with Gasteiger partial charge in [0.05, 0.1) is 18.2 Å². The van der Waals surface area contributed by atoms with Gasteiger partial charge in [-0.3, -0.25) is 15.2 Å². The van der Waals surface area contributed by atoms with Gasteiger partial charge in [-0.1, -0.05) is 6.07 Å². The lowest BCUT2D eigenvalue weighted by molar-refractivity contribution is -0.437. The predicted molar refractivity (Wildman–Crippen MR) is 112 cm³/mol.